The summed E-state index contributed by atoms with van der Waals surface area (Å²) in [6, 6.07) is 8.02. The summed E-state index contributed by atoms with van der Waals surface area (Å²) in [4.78, 5) is 80.0. The van der Waals surface area contributed by atoms with E-state index in [0.717, 1.165) is 0 Å². The molecule has 0 aliphatic heterocycles. The van der Waals surface area contributed by atoms with Crippen LogP contribution in [0.3, 0.4) is 0 Å². The highest BCUT2D eigenvalue weighted by Gasteiger charge is 2.73. The number of primary amides is 1. The summed E-state index contributed by atoms with van der Waals surface area (Å²) in [5, 5.41) is 34.3. The highest BCUT2D eigenvalue weighted by molar-refractivity contribution is 6.32. The van der Waals surface area contributed by atoms with Crippen LogP contribution >= 0.6 is 0 Å². The van der Waals surface area contributed by atoms with Crippen molar-refractivity contribution in [1.29, 1.82) is 0 Å². The Bertz CT molecular complexity index is 1550. The Morgan fingerprint density at radius 2 is 1.59 bits per heavy atom. The fourth-order valence-corrected chi connectivity index (χ4v) is 7.21. The molecule has 1 amide bonds. The van der Waals surface area contributed by atoms with Gasteiger partial charge in [0.25, 0.3) is 0 Å². The maximum Gasteiger partial charge on any atom is 0.235 e. The summed E-state index contributed by atoms with van der Waals surface area (Å²) in [6.45, 7) is 3.08. The largest absolute Gasteiger partial charge is 0.507 e. The van der Waals surface area contributed by atoms with Crippen molar-refractivity contribution in [3.05, 3.63) is 53.1 Å². The normalized spacial score (nSPS) is 32.8. The van der Waals surface area contributed by atoms with Gasteiger partial charge in [-0.3, -0.25) is 33.7 Å². The Kier molecular flexibility index (Phi) is 6.60. The van der Waals surface area contributed by atoms with Crippen LogP contribution in [0.4, 0.5) is 0 Å². The van der Waals surface area contributed by atoms with Crippen molar-refractivity contribution in [2.24, 2.45) is 29.4 Å². The molecule has 0 bridgehead atoms. The average Bonchev–Trinajstić information content (AvgIpc) is 2.90. The number of benzene rings is 2. The molecule has 41 heavy (non-hydrogen) atoms. The predicted octanol–water partition coefficient (Wildman–Crippen LogP) is 0.268. The maximum absolute atomic E-state index is 14.0. The SMILES string of the molecule is CC(=O)c1ccc(-c2ccc(O)c3c2C(C)C2C(C3=O)C(=O)C3(O)C(=O)C(C(N)=O)C(=O)C(N(C)C)C3C2O)cc1. The van der Waals surface area contributed by atoms with Gasteiger partial charge in [0.2, 0.25) is 5.91 Å². The number of amides is 1. The summed E-state index contributed by atoms with van der Waals surface area (Å²) in [5.74, 6) is -14.0. The molecule has 3 aliphatic carbocycles. The fourth-order valence-electron chi connectivity index (χ4n) is 7.21. The molecular weight excluding hydrogens is 532 g/mol. The summed E-state index contributed by atoms with van der Waals surface area (Å²) < 4.78 is 0. The van der Waals surface area contributed by atoms with E-state index < -0.39 is 82.1 Å². The summed E-state index contributed by atoms with van der Waals surface area (Å²) in [7, 11) is 2.87. The molecule has 0 radical (unpaired) electrons. The lowest BCUT2D eigenvalue weighted by Crippen LogP contribution is -2.77. The molecule has 0 saturated heterocycles. The van der Waals surface area contributed by atoms with Gasteiger partial charge < -0.3 is 21.1 Å². The first-order chi connectivity index (χ1) is 19.2. The molecule has 2 aromatic carbocycles. The number of hydrogen-bond donors (Lipinski definition) is 4. The van der Waals surface area contributed by atoms with Gasteiger partial charge in [-0.25, -0.2) is 0 Å². The third-order valence-corrected chi connectivity index (χ3v) is 9.07. The zero-order chi connectivity index (χ0) is 30.3. The number of phenols is 1. The van der Waals surface area contributed by atoms with Gasteiger partial charge in [0.15, 0.2) is 40.4 Å². The lowest BCUT2D eigenvalue weighted by atomic mass is 9.49. The van der Waals surface area contributed by atoms with Crippen molar-refractivity contribution in [3.8, 4) is 16.9 Å². The number of Topliss-reactive ketones (excluding diaryl/α,β-unsaturated/α-hetero) is 5. The third kappa shape index (κ3) is 3.76. The number of ketones is 5. The zero-order valence-corrected chi connectivity index (χ0v) is 22.8. The van der Waals surface area contributed by atoms with Crippen LogP contribution in [0.2, 0.25) is 0 Å². The fraction of sp³-hybridized carbons (Fsp3) is 0.400. The second-order valence-electron chi connectivity index (χ2n) is 11.4. The average molecular weight is 563 g/mol. The van der Waals surface area contributed by atoms with E-state index in [1.807, 2.05) is 0 Å². The number of carbonyl (C=O) groups excluding carboxylic acids is 6. The first-order valence-electron chi connectivity index (χ1n) is 13.2. The topological polar surface area (TPSA) is 192 Å². The Labute approximate surface area is 234 Å². The minimum atomic E-state index is -3.05. The van der Waals surface area contributed by atoms with Gasteiger partial charge in [-0.05, 0) is 49.7 Å². The number of nitrogens with zero attached hydrogens (tertiary/aromatic N) is 1. The van der Waals surface area contributed by atoms with E-state index in [-0.39, 0.29) is 11.3 Å². The van der Waals surface area contributed by atoms with Crippen LogP contribution in [0.15, 0.2) is 36.4 Å². The van der Waals surface area contributed by atoms with Gasteiger partial charge in [0, 0.05) is 11.5 Å². The van der Waals surface area contributed by atoms with Gasteiger partial charge in [0.1, 0.15) is 5.75 Å². The van der Waals surface area contributed by atoms with Gasteiger partial charge in [-0.1, -0.05) is 37.3 Å². The minimum Gasteiger partial charge on any atom is -0.507 e. The van der Waals surface area contributed by atoms with Gasteiger partial charge in [0.05, 0.1) is 29.5 Å². The Hall–Kier alpha value is -4.06. The molecule has 11 nitrogen and oxygen atoms in total. The van der Waals surface area contributed by atoms with Gasteiger partial charge in [-0.15, -0.1) is 0 Å². The van der Waals surface area contributed by atoms with Gasteiger partial charge >= 0.3 is 0 Å². The molecule has 3 aliphatic rings. The number of aliphatic hydroxyl groups is 2. The Morgan fingerprint density at radius 3 is 2.12 bits per heavy atom. The summed E-state index contributed by atoms with van der Waals surface area (Å²) >= 11 is 0. The van der Waals surface area contributed by atoms with E-state index >= 15 is 0 Å². The van der Waals surface area contributed by atoms with Gasteiger partial charge in [-0.2, -0.15) is 0 Å². The first kappa shape index (κ1) is 28.5. The molecular formula is C30H30N2O9. The molecule has 5 rings (SSSR count). The van der Waals surface area contributed by atoms with E-state index in [2.05, 4.69) is 0 Å². The first-order valence-corrected chi connectivity index (χ1v) is 13.2. The number of aliphatic hydroxyl groups excluding tert-OH is 1. The smallest absolute Gasteiger partial charge is 0.235 e. The van der Waals surface area contributed by atoms with E-state index in [1.54, 1.807) is 37.3 Å². The molecule has 2 fully saturated rings. The standard InChI is InChI=1S/C30H30N2O9/c1-11-17-15(14-7-5-13(6-8-14)12(2)33)9-10-16(34)19(17)24(35)20-18(11)25(36)22-23(32(3)4)26(37)21(29(31)40)28(39)30(22,41)27(20)38/h5-11,18,20-23,25,34,36,41H,1-4H3,(H2,31,40). The van der Waals surface area contributed by atoms with E-state index in [9.17, 15) is 44.1 Å². The summed E-state index contributed by atoms with van der Waals surface area (Å²) in [5.41, 5.74) is 4.02. The molecule has 8 unspecified atom stereocenters. The van der Waals surface area contributed by atoms with E-state index in [0.29, 0.717) is 22.3 Å². The minimum absolute atomic E-state index is 0.141. The predicted molar refractivity (Wildman–Crippen MR) is 143 cm³/mol. The van der Waals surface area contributed by atoms with Crippen LogP contribution in [-0.2, 0) is 19.2 Å². The van der Waals surface area contributed by atoms with E-state index in [1.165, 1.54) is 32.0 Å². The van der Waals surface area contributed by atoms with Crippen LogP contribution in [0.5, 0.6) is 5.75 Å². The Balaban J connectivity index is 1.72. The van der Waals surface area contributed by atoms with Crippen LogP contribution in [0.25, 0.3) is 11.1 Å². The lowest BCUT2D eigenvalue weighted by Gasteiger charge is -2.56. The van der Waals surface area contributed by atoms with Crippen LogP contribution in [-0.4, -0.2) is 86.9 Å². The number of aromatic hydroxyl groups is 1. The number of fused-ring (bicyclic) bond motifs is 3. The van der Waals surface area contributed by atoms with Crippen LogP contribution < -0.4 is 5.73 Å². The van der Waals surface area contributed by atoms with Crippen molar-refractivity contribution in [2.45, 2.75) is 37.5 Å². The molecule has 5 N–H and O–H groups in total. The van der Waals surface area contributed by atoms with Crippen molar-refractivity contribution in [2.75, 3.05) is 14.1 Å². The molecule has 2 aromatic rings. The quantitative estimate of drug-likeness (QED) is 0.297. The van der Waals surface area contributed by atoms with E-state index in [4.69, 9.17) is 5.73 Å². The molecule has 11 heteroatoms. The highest BCUT2D eigenvalue weighted by atomic mass is 16.3. The molecule has 0 heterocycles. The zero-order valence-electron chi connectivity index (χ0n) is 22.8. The molecule has 214 valence electrons. The van der Waals surface area contributed by atoms with Crippen molar-refractivity contribution < 1.29 is 44.1 Å². The van der Waals surface area contributed by atoms with Crippen molar-refractivity contribution in [1.82, 2.24) is 4.90 Å². The molecule has 2 saturated carbocycles. The number of carbonyl (C=O) groups is 6. The second kappa shape index (κ2) is 9.51. The number of hydrogen-bond acceptors (Lipinski definition) is 10. The number of likely N-dealkylation sites (N-methyl/N-ethyl adjacent to an activating group) is 1. The molecule has 8 atom stereocenters. The molecule has 0 aromatic heterocycles. The number of phenolic OH excluding ortho intramolecular Hbond substituents is 1. The monoisotopic (exact) mass is 562 g/mol. The third-order valence-electron chi connectivity index (χ3n) is 9.07. The lowest BCUT2D eigenvalue weighted by molar-refractivity contribution is -0.196. The van der Waals surface area contributed by atoms with Crippen molar-refractivity contribution in [3.63, 3.8) is 0 Å². The second-order valence-corrected chi connectivity index (χ2v) is 11.4. The maximum atomic E-state index is 14.0. The highest BCUT2D eigenvalue weighted by Crippen LogP contribution is 2.55. The Morgan fingerprint density at radius 1 is 0.976 bits per heavy atom. The summed E-state index contributed by atoms with van der Waals surface area (Å²) in [6.07, 6.45) is -1.72. The number of nitrogens with two attached hydrogens (primary N) is 1. The van der Waals surface area contributed by atoms with Crippen LogP contribution in [0, 0.1) is 23.7 Å². The molecule has 0 spiro atoms. The van der Waals surface area contributed by atoms with Crippen LogP contribution in [0.1, 0.15) is 46.0 Å². The number of rotatable bonds is 4. The van der Waals surface area contributed by atoms with Crippen molar-refractivity contribution >= 4 is 34.8 Å².